The molecule has 0 atom stereocenters. The van der Waals surface area contributed by atoms with Crippen LogP contribution in [0.4, 0.5) is 0 Å². The van der Waals surface area contributed by atoms with Crippen molar-refractivity contribution in [2.75, 3.05) is 0 Å². The largest absolute Gasteiger partial charge is 3.00 e. The molecule has 0 heterocycles. The number of hydrogen-bond donors (Lipinski definition) is 0. The minimum atomic E-state index is -0.607. The molecule has 46 heavy (non-hydrogen) atoms. The van der Waals surface area contributed by atoms with Crippen molar-refractivity contribution in [1.29, 1.82) is 0 Å². The zero-order valence-electron chi connectivity index (χ0n) is 31.2. The maximum absolute atomic E-state index is 11.3. The molecule has 0 fully saturated rings. The zero-order valence-corrected chi connectivity index (χ0v) is 34.0. The van der Waals surface area contributed by atoms with Crippen molar-refractivity contribution in [2.24, 2.45) is 32.5 Å². The first-order valence-electron chi connectivity index (χ1n) is 14.4. The minimum Gasteiger partial charge on any atom is -0.597 e. The second-order valence-corrected chi connectivity index (χ2v) is 16.2. The third-order valence-corrected chi connectivity index (χ3v) is 4.61. The first-order chi connectivity index (χ1) is 19.6. The smallest absolute Gasteiger partial charge is 0.597 e. The van der Waals surface area contributed by atoms with E-state index in [1.54, 1.807) is 125 Å². The summed E-state index contributed by atoms with van der Waals surface area (Å²) in [6.07, 6.45) is 0. The van der Waals surface area contributed by atoms with E-state index in [0.29, 0.717) is 0 Å². The van der Waals surface area contributed by atoms with Crippen LogP contribution in [0.25, 0.3) is 0 Å². The van der Waals surface area contributed by atoms with Crippen molar-refractivity contribution in [1.82, 2.24) is 0 Å². The van der Waals surface area contributed by atoms with Gasteiger partial charge in [0.25, 0.3) is 35.8 Å². The molecular weight excluding hydrogens is 677 g/mol. The minimum absolute atomic E-state index is 0. The fraction of sp³-hybridized carbons (Fsp3) is 0.727. The standard InChI is InChI=1S/3C11H19O4.Y/c3*1-10(2,3)8(12)14-7-15-9(13)11(4,5)6;/h3*7H,1-6H3;/q3*-1;+3. The number of carbonyl (C=O) groups excluding carboxylic acids is 6. The van der Waals surface area contributed by atoms with Gasteiger partial charge in [-0.2, -0.15) is 0 Å². The molecular formula is C33H57O12Y. The second kappa shape index (κ2) is 20.3. The maximum Gasteiger partial charge on any atom is 3.00 e. The summed E-state index contributed by atoms with van der Waals surface area (Å²) in [5.41, 5.74) is -3.64. The second-order valence-electron chi connectivity index (χ2n) is 16.2. The Morgan fingerprint density at radius 2 is 0.370 bits per heavy atom. The third kappa shape index (κ3) is 26.0. The Balaban J connectivity index is -0.000000285. The molecule has 0 saturated heterocycles. The van der Waals surface area contributed by atoms with Gasteiger partial charge in [-0.1, -0.05) is 0 Å². The molecule has 0 aliphatic heterocycles. The maximum atomic E-state index is 11.3. The summed E-state index contributed by atoms with van der Waals surface area (Å²) < 4.78 is 28.0. The van der Waals surface area contributed by atoms with Gasteiger partial charge in [0.15, 0.2) is 0 Å². The van der Waals surface area contributed by atoms with Crippen molar-refractivity contribution in [3.05, 3.63) is 20.4 Å². The quantitative estimate of drug-likeness (QED) is 0.159. The molecule has 0 aliphatic carbocycles. The number of hydrogen-bond acceptors (Lipinski definition) is 12. The molecule has 0 aromatic heterocycles. The predicted octanol–water partition coefficient (Wildman–Crippen LogP) is 6.85. The van der Waals surface area contributed by atoms with Crippen molar-refractivity contribution in [2.45, 2.75) is 125 Å². The van der Waals surface area contributed by atoms with Crippen molar-refractivity contribution < 1.29 is 89.9 Å². The molecule has 0 spiro atoms. The van der Waals surface area contributed by atoms with Gasteiger partial charge in [0.1, 0.15) is 0 Å². The number of rotatable bonds is 6. The molecule has 264 valence electrons. The monoisotopic (exact) mass is 734 g/mol. The Morgan fingerprint density at radius 1 is 0.283 bits per heavy atom. The van der Waals surface area contributed by atoms with Crippen molar-refractivity contribution in [3.63, 3.8) is 0 Å². The molecule has 12 nitrogen and oxygen atoms in total. The van der Waals surface area contributed by atoms with Crippen LogP contribution in [0.15, 0.2) is 0 Å². The number of carbonyl (C=O) groups is 6. The number of ether oxygens (including phenoxy) is 6. The Kier molecular flexibility index (Phi) is 22.4. The van der Waals surface area contributed by atoms with Gasteiger partial charge in [0.2, 0.25) is 0 Å². The molecule has 0 aromatic carbocycles. The van der Waals surface area contributed by atoms with E-state index in [-0.39, 0.29) is 32.7 Å². The summed E-state index contributed by atoms with van der Waals surface area (Å²) in [4.78, 5) is 67.5. The van der Waals surface area contributed by atoms with Gasteiger partial charge in [0, 0.05) is 20.4 Å². The summed E-state index contributed by atoms with van der Waals surface area (Å²) in [6, 6.07) is 0. The molecule has 0 bridgehead atoms. The normalized spacial score (nSPS) is 11.9. The van der Waals surface area contributed by atoms with Crippen LogP contribution in [-0.2, 0) is 89.9 Å². The van der Waals surface area contributed by atoms with Crippen molar-refractivity contribution in [3.8, 4) is 0 Å². The van der Waals surface area contributed by atoms with Crippen LogP contribution >= 0.6 is 0 Å². The fourth-order valence-electron chi connectivity index (χ4n) is 1.40. The molecule has 0 saturated carbocycles. The van der Waals surface area contributed by atoms with Gasteiger partial charge in [-0.05, 0) is 125 Å². The predicted molar refractivity (Wildman–Crippen MR) is 166 cm³/mol. The molecule has 13 heteroatoms. The van der Waals surface area contributed by atoms with Crippen LogP contribution in [0.5, 0.6) is 0 Å². The van der Waals surface area contributed by atoms with Crippen LogP contribution in [0.3, 0.4) is 0 Å². The Morgan fingerprint density at radius 3 is 0.435 bits per heavy atom. The molecule has 0 aromatic rings. The molecule has 0 amide bonds. The molecule has 0 unspecified atom stereocenters. The fourth-order valence-corrected chi connectivity index (χ4v) is 1.40. The van der Waals surface area contributed by atoms with Gasteiger partial charge in [-0.3, -0.25) is 28.8 Å². The average Bonchev–Trinajstić information content (AvgIpc) is 2.80. The Bertz CT molecular complexity index is 784. The van der Waals surface area contributed by atoms with Crippen LogP contribution in [0.1, 0.15) is 125 Å². The van der Waals surface area contributed by atoms with Crippen molar-refractivity contribution >= 4 is 35.8 Å². The van der Waals surface area contributed by atoms with Crippen LogP contribution in [0, 0.1) is 52.9 Å². The first kappa shape index (κ1) is 50.8. The zero-order chi connectivity index (χ0) is 36.8. The van der Waals surface area contributed by atoms with Gasteiger partial charge >= 0.3 is 32.7 Å². The van der Waals surface area contributed by atoms with E-state index in [1.807, 2.05) is 0 Å². The van der Waals surface area contributed by atoms with E-state index >= 15 is 0 Å². The Hall–Kier alpha value is -2.08. The Labute approximate surface area is 301 Å². The van der Waals surface area contributed by atoms with E-state index in [0.717, 1.165) is 20.4 Å². The van der Waals surface area contributed by atoms with E-state index < -0.39 is 68.3 Å². The summed E-state index contributed by atoms with van der Waals surface area (Å²) in [5.74, 6) is -2.64. The summed E-state index contributed by atoms with van der Waals surface area (Å²) in [5, 5.41) is 0. The molecule has 0 rings (SSSR count). The van der Waals surface area contributed by atoms with Crippen LogP contribution < -0.4 is 0 Å². The summed E-state index contributed by atoms with van der Waals surface area (Å²) in [7, 11) is 0. The van der Waals surface area contributed by atoms with Crippen LogP contribution in [-0.4, -0.2) is 35.8 Å². The topological polar surface area (TPSA) is 158 Å². The van der Waals surface area contributed by atoms with Gasteiger partial charge in [0.05, 0.1) is 32.5 Å². The van der Waals surface area contributed by atoms with E-state index in [4.69, 9.17) is 0 Å². The first-order valence-corrected chi connectivity index (χ1v) is 14.4. The molecule has 0 aliphatic rings. The summed E-state index contributed by atoms with van der Waals surface area (Å²) >= 11 is 0. The van der Waals surface area contributed by atoms with Gasteiger partial charge in [-0.25, -0.2) is 0 Å². The van der Waals surface area contributed by atoms with Gasteiger partial charge in [-0.15, -0.1) is 0 Å². The SMILES string of the molecule is CC(C)(C)C(=O)O[CH-]OC(=O)C(C)(C)C.CC(C)(C)C(=O)O[CH-]OC(=O)C(C)(C)C.CC(C)(C)C(=O)O[CH-]OC(=O)C(C)(C)C.[Y+3]. The molecule has 0 radical (unpaired) electrons. The van der Waals surface area contributed by atoms with E-state index in [1.165, 1.54) is 0 Å². The van der Waals surface area contributed by atoms with Crippen LogP contribution in [0.2, 0.25) is 0 Å². The molecule has 0 N–H and O–H groups in total. The average molecular weight is 735 g/mol. The van der Waals surface area contributed by atoms with E-state index in [2.05, 4.69) is 28.4 Å². The third-order valence-electron chi connectivity index (χ3n) is 4.61. The summed E-state index contributed by atoms with van der Waals surface area (Å²) in [6.45, 7) is 33.3. The number of esters is 6. The van der Waals surface area contributed by atoms with E-state index in [9.17, 15) is 28.8 Å². The van der Waals surface area contributed by atoms with Gasteiger partial charge < -0.3 is 28.4 Å².